The van der Waals surface area contributed by atoms with E-state index in [2.05, 4.69) is 32.5 Å². The molecule has 8 nitrogen and oxygen atoms in total. The Morgan fingerprint density at radius 1 is 1.33 bits per heavy atom. The number of benzene rings is 1. The third kappa shape index (κ3) is 4.13. The maximum Gasteiger partial charge on any atom is 0.255 e. The first-order valence-electron chi connectivity index (χ1n) is 12.4. The number of fused-ring (bicyclic) bond motifs is 2. The van der Waals surface area contributed by atoms with Crippen molar-refractivity contribution in [3.8, 4) is 17.0 Å². The van der Waals surface area contributed by atoms with Crippen LogP contribution in [-0.4, -0.2) is 66.8 Å². The van der Waals surface area contributed by atoms with Crippen molar-refractivity contribution < 1.29 is 14.3 Å². The number of nitrogens with zero attached hydrogens (tertiary/aromatic N) is 2. The van der Waals surface area contributed by atoms with Crippen LogP contribution in [0.4, 0.5) is 11.4 Å². The van der Waals surface area contributed by atoms with Gasteiger partial charge in [-0.25, -0.2) is 0 Å². The van der Waals surface area contributed by atoms with Crippen molar-refractivity contribution in [3.63, 3.8) is 0 Å². The highest BCUT2D eigenvalue weighted by atomic mass is 35.5. The highest BCUT2D eigenvalue weighted by molar-refractivity contribution is 6.31. The lowest BCUT2D eigenvalue weighted by molar-refractivity contribution is -0.0403. The second-order valence-corrected chi connectivity index (χ2v) is 10.5. The molecule has 0 radical (unpaired) electrons. The molecule has 36 heavy (non-hydrogen) atoms. The number of anilines is 2. The Labute approximate surface area is 215 Å². The van der Waals surface area contributed by atoms with E-state index in [9.17, 15) is 4.79 Å². The standard InChI is InChI=1S/C27H30ClN5O3/c1-16-19(28)4-3-5-20(16)31-24-22-25(27(7-8-27)15-30-26(22)34)32-23(24)18-6-9-29-12-21(18)36-14-17-13-33(2)10-11-35-17/h3-6,9,12,17,31-32H,7-8,10-11,13-15H2,1-2H3,(H,30,34). The Morgan fingerprint density at radius 2 is 2.19 bits per heavy atom. The fourth-order valence-corrected chi connectivity index (χ4v) is 5.36. The van der Waals surface area contributed by atoms with E-state index in [-0.39, 0.29) is 17.4 Å². The van der Waals surface area contributed by atoms with Crippen LogP contribution in [0.2, 0.25) is 5.02 Å². The zero-order valence-corrected chi connectivity index (χ0v) is 21.2. The molecule has 2 fully saturated rings. The van der Waals surface area contributed by atoms with Crippen molar-refractivity contribution in [1.29, 1.82) is 0 Å². The molecule has 188 valence electrons. The van der Waals surface area contributed by atoms with Gasteiger partial charge in [-0.1, -0.05) is 17.7 Å². The van der Waals surface area contributed by atoms with Gasteiger partial charge >= 0.3 is 0 Å². The zero-order chi connectivity index (χ0) is 24.9. The summed E-state index contributed by atoms with van der Waals surface area (Å²) in [7, 11) is 2.09. The van der Waals surface area contributed by atoms with Gasteiger partial charge in [0.1, 0.15) is 18.5 Å². The van der Waals surface area contributed by atoms with Crippen molar-refractivity contribution in [3.05, 3.63) is 58.5 Å². The van der Waals surface area contributed by atoms with Gasteiger partial charge in [0.25, 0.3) is 5.91 Å². The minimum Gasteiger partial charge on any atom is -0.488 e. The summed E-state index contributed by atoms with van der Waals surface area (Å²) in [4.78, 5) is 23.4. The maximum atomic E-state index is 13.2. The molecule has 1 spiro atoms. The lowest BCUT2D eigenvalue weighted by atomic mass is 9.93. The zero-order valence-electron chi connectivity index (χ0n) is 20.5. The molecule has 3 aromatic rings. The topological polar surface area (TPSA) is 91.5 Å². The van der Waals surface area contributed by atoms with Crippen LogP contribution in [0.25, 0.3) is 11.3 Å². The van der Waals surface area contributed by atoms with Crippen LogP contribution in [0.1, 0.15) is 34.5 Å². The summed E-state index contributed by atoms with van der Waals surface area (Å²) >= 11 is 6.42. The third-order valence-electron chi connectivity index (χ3n) is 7.55. The quantitative estimate of drug-likeness (QED) is 0.461. The lowest BCUT2D eigenvalue weighted by Crippen LogP contribution is -2.42. The molecule has 1 saturated carbocycles. The molecule has 6 rings (SSSR count). The Morgan fingerprint density at radius 3 is 3.00 bits per heavy atom. The lowest BCUT2D eigenvalue weighted by Gasteiger charge is -2.30. The Balaban J connectivity index is 1.42. The van der Waals surface area contributed by atoms with Crippen LogP contribution in [0.5, 0.6) is 5.75 Å². The number of aromatic nitrogens is 2. The Kier molecular flexibility index (Phi) is 5.90. The molecular weight excluding hydrogens is 478 g/mol. The highest BCUT2D eigenvalue weighted by Crippen LogP contribution is 2.54. The molecule has 0 bridgehead atoms. The van der Waals surface area contributed by atoms with E-state index >= 15 is 0 Å². The maximum absolute atomic E-state index is 13.2. The molecule has 2 aromatic heterocycles. The van der Waals surface area contributed by atoms with Crippen LogP contribution >= 0.6 is 11.6 Å². The number of rotatable bonds is 6. The minimum absolute atomic E-state index is 0.0131. The van der Waals surface area contributed by atoms with Crippen molar-refractivity contribution >= 4 is 28.9 Å². The van der Waals surface area contributed by atoms with Crippen LogP contribution < -0.4 is 15.4 Å². The normalized spacial score (nSPS) is 20.6. The first-order chi connectivity index (χ1) is 17.4. The predicted octanol–water partition coefficient (Wildman–Crippen LogP) is 4.27. The number of aromatic amines is 1. The number of carbonyl (C=O) groups excluding carboxylic acids is 1. The molecule has 1 aromatic carbocycles. The largest absolute Gasteiger partial charge is 0.488 e. The highest BCUT2D eigenvalue weighted by Gasteiger charge is 2.51. The second-order valence-electron chi connectivity index (χ2n) is 10.1. The van der Waals surface area contributed by atoms with Gasteiger partial charge in [0.15, 0.2) is 0 Å². The second kappa shape index (κ2) is 9.10. The minimum atomic E-state index is -0.0811. The molecule has 4 heterocycles. The Bertz CT molecular complexity index is 1320. The van der Waals surface area contributed by atoms with E-state index in [1.165, 1.54) is 0 Å². The average molecular weight is 508 g/mol. The van der Waals surface area contributed by atoms with Crippen molar-refractivity contribution in [2.24, 2.45) is 0 Å². The number of hydrogen-bond acceptors (Lipinski definition) is 6. The van der Waals surface area contributed by atoms with Gasteiger partial charge in [-0.2, -0.15) is 0 Å². The molecule has 1 aliphatic carbocycles. The molecule has 3 N–H and O–H groups in total. The van der Waals surface area contributed by atoms with Gasteiger partial charge in [-0.3, -0.25) is 9.78 Å². The van der Waals surface area contributed by atoms with Gasteiger partial charge in [0.05, 0.1) is 29.7 Å². The van der Waals surface area contributed by atoms with Gasteiger partial charge < -0.3 is 30.0 Å². The van der Waals surface area contributed by atoms with Crippen molar-refractivity contribution in [1.82, 2.24) is 20.2 Å². The molecule has 1 atom stereocenters. The van der Waals surface area contributed by atoms with E-state index < -0.39 is 0 Å². The summed E-state index contributed by atoms with van der Waals surface area (Å²) in [5.41, 5.74) is 5.76. The number of pyridine rings is 1. The number of H-pyrrole nitrogens is 1. The number of hydrogen-bond donors (Lipinski definition) is 3. The van der Waals surface area contributed by atoms with Gasteiger partial charge in [-0.15, -0.1) is 0 Å². The fourth-order valence-electron chi connectivity index (χ4n) is 5.19. The van der Waals surface area contributed by atoms with Crippen LogP contribution in [-0.2, 0) is 10.2 Å². The van der Waals surface area contributed by atoms with Crippen LogP contribution in [0.3, 0.4) is 0 Å². The summed E-state index contributed by atoms with van der Waals surface area (Å²) in [5, 5.41) is 7.31. The van der Waals surface area contributed by atoms with Gasteiger partial charge in [0.2, 0.25) is 0 Å². The number of amides is 1. The van der Waals surface area contributed by atoms with E-state index in [4.69, 9.17) is 21.1 Å². The first kappa shape index (κ1) is 23.3. The van der Waals surface area contributed by atoms with Crippen molar-refractivity contribution in [2.75, 3.05) is 45.2 Å². The van der Waals surface area contributed by atoms with Crippen LogP contribution in [0.15, 0.2) is 36.7 Å². The number of likely N-dealkylation sites (N-methyl/N-ethyl adjacent to an activating group) is 1. The molecule has 3 aliphatic rings. The number of nitrogens with one attached hydrogen (secondary N) is 3. The van der Waals surface area contributed by atoms with E-state index in [0.717, 1.165) is 59.8 Å². The summed E-state index contributed by atoms with van der Waals surface area (Å²) in [6, 6.07) is 7.66. The third-order valence-corrected chi connectivity index (χ3v) is 7.96. The summed E-state index contributed by atoms with van der Waals surface area (Å²) in [6.45, 7) is 5.47. The van der Waals surface area contributed by atoms with Gasteiger partial charge in [0, 0.05) is 53.2 Å². The first-order valence-corrected chi connectivity index (χ1v) is 12.8. The number of carbonyl (C=O) groups is 1. The van der Waals surface area contributed by atoms with E-state index in [0.29, 0.717) is 36.1 Å². The number of morpholine rings is 1. The van der Waals surface area contributed by atoms with E-state index in [1.54, 1.807) is 12.4 Å². The molecule has 1 unspecified atom stereocenters. The summed E-state index contributed by atoms with van der Waals surface area (Å²) in [5.74, 6) is 0.561. The monoisotopic (exact) mass is 507 g/mol. The predicted molar refractivity (Wildman–Crippen MR) is 139 cm³/mol. The van der Waals surface area contributed by atoms with E-state index in [1.807, 2.05) is 31.2 Å². The average Bonchev–Trinajstić information content (AvgIpc) is 3.56. The SMILES string of the molecule is Cc1c(Cl)cccc1Nc1c(-c2ccncc2OCC2CN(C)CCO2)[nH]c2c1C(=O)NCC21CC1. The van der Waals surface area contributed by atoms with Crippen LogP contribution in [0, 0.1) is 6.92 Å². The Hall–Kier alpha value is -3.07. The smallest absolute Gasteiger partial charge is 0.255 e. The molecular formula is C27H30ClN5O3. The summed E-state index contributed by atoms with van der Waals surface area (Å²) < 4.78 is 12.2. The number of ether oxygens (including phenoxy) is 2. The summed E-state index contributed by atoms with van der Waals surface area (Å²) in [6.07, 6.45) is 5.54. The molecule has 1 amide bonds. The molecule has 9 heteroatoms. The fraction of sp³-hybridized carbons (Fsp3) is 0.407. The number of halogens is 1. The molecule has 2 aliphatic heterocycles. The van der Waals surface area contributed by atoms with Gasteiger partial charge in [-0.05, 0) is 50.6 Å². The molecule has 1 saturated heterocycles. The van der Waals surface area contributed by atoms with Crippen molar-refractivity contribution in [2.45, 2.75) is 31.3 Å².